The minimum atomic E-state index is -1.23. The molecule has 0 aliphatic rings. The number of nitrogens with one attached hydrogen (secondary N) is 1. The summed E-state index contributed by atoms with van der Waals surface area (Å²) in [6.45, 7) is 1.26. The Kier molecular flexibility index (Phi) is 4.62. The smallest absolute Gasteiger partial charge is 0.315 e. The molecule has 0 saturated heterocycles. The quantitative estimate of drug-likeness (QED) is 0.841. The van der Waals surface area contributed by atoms with Gasteiger partial charge in [-0.05, 0) is 19.1 Å². The fourth-order valence-electron chi connectivity index (χ4n) is 1.01. The van der Waals surface area contributed by atoms with Crippen molar-refractivity contribution in [2.45, 2.75) is 6.92 Å². The summed E-state index contributed by atoms with van der Waals surface area (Å²) in [6, 6.07) is 2.80. The van der Waals surface area contributed by atoms with E-state index in [1.807, 2.05) is 0 Å². The lowest BCUT2D eigenvalue weighted by Crippen LogP contribution is -2.27. The lowest BCUT2D eigenvalue weighted by atomic mass is 10.1. The molecule has 1 aromatic rings. The van der Waals surface area contributed by atoms with Gasteiger partial charge < -0.3 is 10.4 Å². The fourth-order valence-corrected chi connectivity index (χ4v) is 1.92. The fraction of sp³-hybridized carbons (Fsp3) is 0.200. The Bertz CT molecular complexity index is 453. The summed E-state index contributed by atoms with van der Waals surface area (Å²) >= 11 is 17.4. The van der Waals surface area contributed by atoms with Gasteiger partial charge in [-0.3, -0.25) is 9.59 Å². The molecule has 17 heavy (non-hydrogen) atoms. The van der Waals surface area contributed by atoms with Crippen LogP contribution in [0, 0.1) is 5.92 Å². The summed E-state index contributed by atoms with van der Waals surface area (Å²) in [5.41, 5.74) is 0.149. The second kappa shape index (κ2) is 5.58. The number of carbonyl (C=O) groups excluding carboxylic acids is 1. The average molecular weight is 297 g/mol. The first-order valence-electron chi connectivity index (χ1n) is 4.51. The second-order valence-electron chi connectivity index (χ2n) is 3.29. The van der Waals surface area contributed by atoms with E-state index in [1.54, 1.807) is 0 Å². The van der Waals surface area contributed by atoms with E-state index in [0.717, 1.165) is 0 Å². The average Bonchev–Trinajstić information content (AvgIpc) is 2.21. The molecule has 0 spiro atoms. The molecule has 0 aromatic heterocycles. The normalized spacial score (nSPS) is 12.0. The predicted octanol–water partition coefficient (Wildman–Crippen LogP) is 3.31. The van der Waals surface area contributed by atoms with Crippen molar-refractivity contribution in [2.24, 2.45) is 5.92 Å². The van der Waals surface area contributed by atoms with Crippen molar-refractivity contribution in [1.82, 2.24) is 0 Å². The number of rotatable bonds is 3. The zero-order chi connectivity index (χ0) is 13.2. The molecule has 1 unspecified atom stereocenters. The first kappa shape index (κ1) is 14.1. The van der Waals surface area contributed by atoms with Crippen molar-refractivity contribution in [2.75, 3.05) is 5.32 Å². The number of hydrogen-bond donors (Lipinski definition) is 2. The van der Waals surface area contributed by atoms with Gasteiger partial charge in [-0.1, -0.05) is 34.8 Å². The van der Waals surface area contributed by atoms with Crippen molar-refractivity contribution < 1.29 is 14.7 Å². The molecule has 1 rings (SSSR count). The Morgan fingerprint density at radius 1 is 1.24 bits per heavy atom. The van der Waals surface area contributed by atoms with Gasteiger partial charge in [-0.25, -0.2) is 0 Å². The van der Waals surface area contributed by atoms with Crippen LogP contribution in [0.5, 0.6) is 0 Å². The van der Waals surface area contributed by atoms with Gasteiger partial charge in [0.25, 0.3) is 0 Å². The lowest BCUT2D eigenvalue weighted by molar-refractivity contribution is -0.144. The second-order valence-corrected chi connectivity index (χ2v) is 4.54. The first-order chi connectivity index (χ1) is 7.82. The number of hydrogen-bond acceptors (Lipinski definition) is 2. The Hall–Kier alpha value is -0.970. The summed E-state index contributed by atoms with van der Waals surface area (Å²) in [7, 11) is 0. The highest BCUT2D eigenvalue weighted by Gasteiger charge is 2.22. The zero-order valence-corrected chi connectivity index (χ0v) is 10.9. The Labute approximate surface area is 112 Å². The molecule has 92 valence electrons. The summed E-state index contributed by atoms with van der Waals surface area (Å²) in [5, 5.41) is 11.6. The number of anilines is 1. The third kappa shape index (κ3) is 3.49. The minimum absolute atomic E-state index is 0.147. The molecule has 4 nitrogen and oxygen atoms in total. The summed E-state index contributed by atoms with van der Waals surface area (Å²) in [6.07, 6.45) is 0. The van der Waals surface area contributed by atoms with E-state index >= 15 is 0 Å². The van der Waals surface area contributed by atoms with Crippen LogP contribution in [0.4, 0.5) is 5.69 Å². The molecule has 1 aromatic carbocycles. The number of carboxylic acid groups (broad SMARTS) is 1. The zero-order valence-electron chi connectivity index (χ0n) is 8.63. The van der Waals surface area contributed by atoms with Gasteiger partial charge in [0, 0.05) is 5.02 Å². The van der Waals surface area contributed by atoms with Crippen LogP contribution in [0.2, 0.25) is 15.1 Å². The van der Waals surface area contributed by atoms with Crippen molar-refractivity contribution in [1.29, 1.82) is 0 Å². The summed E-state index contributed by atoms with van der Waals surface area (Å²) in [4.78, 5) is 22.1. The van der Waals surface area contributed by atoms with Crippen LogP contribution in [-0.4, -0.2) is 17.0 Å². The molecular formula is C10H8Cl3NO3. The van der Waals surface area contributed by atoms with Gasteiger partial charge in [0.05, 0.1) is 15.7 Å². The number of carboxylic acids is 1. The topological polar surface area (TPSA) is 66.4 Å². The van der Waals surface area contributed by atoms with Crippen molar-refractivity contribution >= 4 is 52.4 Å². The van der Waals surface area contributed by atoms with Crippen molar-refractivity contribution in [3.8, 4) is 0 Å². The highest BCUT2D eigenvalue weighted by molar-refractivity contribution is 6.42. The van der Waals surface area contributed by atoms with E-state index in [9.17, 15) is 9.59 Å². The van der Waals surface area contributed by atoms with E-state index in [0.29, 0.717) is 5.02 Å². The molecule has 0 heterocycles. The van der Waals surface area contributed by atoms with Crippen LogP contribution in [0.25, 0.3) is 0 Å². The Morgan fingerprint density at radius 3 is 2.12 bits per heavy atom. The summed E-state index contributed by atoms with van der Waals surface area (Å²) < 4.78 is 0. The van der Waals surface area contributed by atoms with E-state index < -0.39 is 17.8 Å². The Morgan fingerprint density at radius 2 is 1.71 bits per heavy atom. The predicted molar refractivity (Wildman–Crippen MR) is 66.9 cm³/mol. The number of halogens is 3. The SMILES string of the molecule is CC(C(=O)O)C(=O)Nc1c(Cl)cc(Cl)cc1Cl. The third-order valence-corrected chi connectivity index (χ3v) is 2.83. The molecule has 0 fully saturated rings. The maximum Gasteiger partial charge on any atom is 0.315 e. The van der Waals surface area contributed by atoms with E-state index in [-0.39, 0.29) is 15.7 Å². The van der Waals surface area contributed by atoms with Crippen molar-refractivity contribution in [3.63, 3.8) is 0 Å². The van der Waals surface area contributed by atoms with Crippen LogP contribution in [-0.2, 0) is 9.59 Å². The molecule has 0 saturated carbocycles. The highest BCUT2D eigenvalue weighted by Crippen LogP contribution is 2.33. The first-order valence-corrected chi connectivity index (χ1v) is 5.64. The molecule has 7 heteroatoms. The van der Waals surface area contributed by atoms with Gasteiger partial charge >= 0.3 is 5.97 Å². The number of aliphatic carboxylic acids is 1. The van der Waals surface area contributed by atoms with Crippen LogP contribution in [0.3, 0.4) is 0 Å². The van der Waals surface area contributed by atoms with Crippen LogP contribution in [0.15, 0.2) is 12.1 Å². The molecule has 1 atom stereocenters. The van der Waals surface area contributed by atoms with Crippen LogP contribution in [0.1, 0.15) is 6.92 Å². The van der Waals surface area contributed by atoms with Gasteiger partial charge in [0.2, 0.25) is 5.91 Å². The number of benzene rings is 1. The molecular weight excluding hydrogens is 288 g/mol. The van der Waals surface area contributed by atoms with Gasteiger partial charge in [-0.2, -0.15) is 0 Å². The monoisotopic (exact) mass is 295 g/mol. The van der Waals surface area contributed by atoms with E-state index in [2.05, 4.69) is 5.32 Å². The molecule has 0 aliphatic carbocycles. The van der Waals surface area contributed by atoms with Gasteiger partial charge in [-0.15, -0.1) is 0 Å². The molecule has 2 N–H and O–H groups in total. The maximum atomic E-state index is 11.5. The number of carbonyl (C=O) groups is 2. The lowest BCUT2D eigenvalue weighted by Gasteiger charge is -2.11. The minimum Gasteiger partial charge on any atom is -0.481 e. The standard InChI is InChI=1S/C10H8Cl3NO3/c1-4(10(16)17)9(15)14-8-6(12)2-5(11)3-7(8)13/h2-4H,1H3,(H,14,15)(H,16,17). The molecule has 0 radical (unpaired) electrons. The summed E-state index contributed by atoms with van der Waals surface area (Å²) in [5.74, 6) is -3.13. The van der Waals surface area contributed by atoms with Crippen molar-refractivity contribution in [3.05, 3.63) is 27.2 Å². The maximum absolute atomic E-state index is 11.5. The highest BCUT2D eigenvalue weighted by atomic mass is 35.5. The van der Waals surface area contributed by atoms with Crippen LogP contribution >= 0.6 is 34.8 Å². The molecule has 0 bridgehead atoms. The largest absolute Gasteiger partial charge is 0.481 e. The van der Waals surface area contributed by atoms with Gasteiger partial charge in [0.1, 0.15) is 5.92 Å². The Balaban J connectivity index is 2.96. The molecule has 1 amide bonds. The third-order valence-electron chi connectivity index (χ3n) is 2.02. The van der Waals surface area contributed by atoms with Crippen LogP contribution < -0.4 is 5.32 Å². The van der Waals surface area contributed by atoms with E-state index in [1.165, 1.54) is 19.1 Å². The molecule has 0 aliphatic heterocycles. The van der Waals surface area contributed by atoms with Gasteiger partial charge in [0.15, 0.2) is 0 Å². The van der Waals surface area contributed by atoms with E-state index in [4.69, 9.17) is 39.9 Å². The number of amides is 1.